The van der Waals surface area contributed by atoms with Crippen LogP contribution in [-0.4, -0.2) is 36.7 Å². The minimum Gasteiger partial charge on any atom is -0.481 e. The summed E-state index contributed by atoms with van der Waals surface area (Å²) in [5.41, 5.74) is 0.562. The number of amides is 2. The van der Waals surface area contributed by atoms with E-state index in [-0.39, 0.29) is 17.6 Å². The van der Waals surface area contributed by atoms with E-state index >= 15 is 0 Å². The third kappa shape index (κ3) is 6.06. The molecule has 132 valence electrons. The van der Waals surface area contributed by atoms with Crippen molar-refractivity contribution in [3.63, 3.8) is 0 Å². The lowest BCUT2D eigenvalue weighted by atomic mass is 10.3. The Morgan fingerprint density at radius 2 is 1.88 bits per heavy atom. The molecule has 0 spiro atoms. The predicted octanol–water partition coefficient (Wildman–Crippen LogP) is 4.38. The molecule has 0 fully saturated rings. The number of hydrogen-bond donors (Lipinski definition) is 1. The molecule has 0 aliphatic carbocycles. The van der Waals surface area contributed by atoms with Crippen molar-refractivity contribution in [3.05, 3.63) is 52.8 Å². The first-order valence-corrected chi connectivity index (χ1v) is 8.83. The number of carbonyl (C=O) groups excluding carboxylic acids is 2. The highest BCUT2D eigenvalue weighted by Gasteiger charge is 2.09. The van der Waals surface area contributed by atoms with Gasteiger partial charge < -0.3 is 15.0 Å². The highest BCUT2D eigenvalue weighted by Crippen LogP contribution is 2.23. The number of thioether (sulfide) groups is 1. The Bertz CT molecular complexity index is 769. The fraction of sp³-hybridized carbons (Fsp3) is 0.176. The second-order valence-corrected chi connectivity index (χ2v) is 7.14. The van der Waals surface area contributed by atoms with Crippen LogP contribution in [-0.2, 0) is 4.79 Å². The zero-order valence-electron chi connectivity index (χ0n) is 13.6. The minimum atomic E-state index is -0.547. The maximum atomic E-state index is 13.6. The molecule has 0 aliphatic heterocycles. The zero-order valence-corrected chi connectivity index (χ0v) is 16.0. The van der Waals surface area contributed by atoms with Crippen molar-refractivity contribution < 1.29 is 18.7 Å². The van der Waals surface area contributed by atoms with Crippen LogP contribution in [0.4, 0.5) is 14.9 Å². The summed E-state index contributed by atoms with van der Waals surface area (Å²) in [6.07, 6.45) is 0. The highest BCUT2D eigenvalue weighted by atomic mass is 79.9. The van der Waals surface area contributed by atoms with Crippen molar-refractivity contribution in [1.82, 2.24) is 4.90 Å². The molecule has 5 nitrogen and oxygen atoms in total. The van der Waals surface area contributed by atoms with Gasteiger partial charge in [-0.3, -0.25) is 9.59 Å². The predicted molar refractivity (Wildman–Crippen MR) is 99.6 cm³/mol. The smallest absolute Gasteiger partial charge is 0.285 e. The van der Waals surface area contributed by atoms with E-state index in [4.69, 9.17) is 4.74 Å². The summed E-state index contributed by atoms with van der Waals surface area (Å²) in [4.78, 5) is 25.7. The van der Waals surface area contributed by atoms with Crippen molar-refractivity contribution in [3.8, 4) is 5.75 Å². The van der Waals surface area contributed by atoms with E-state index in [0.717, 1.165) is 16.7 Å². The molecule has 0 heterocycles. The molecule has 1 N–H and O–H groups in total. The van der Waals surface area contributed by atoms with Crippen LogP contribution in [0, 0.1) is 5.82 Å². The number of rotatable bonds is 5. The van der Waals surface area contributed by atoms with Crippen LogP contribution < -0.4 is 10.1 Å². The molecule has 0 aliphatic rings. The lowest BCUT2D eigenvalue weighted by molar-refractivity contribution is -0.118. The number of ether oxygens (including phenoxy) is 1. The van der Waals surface area contributed by atoms with Gasteiger partial charge in [0.15, 0.2) is 18.2 Å². The van der Waals surface area contributed by atoms with Crippen molar-refractivity contribution in [2.24, 2.45) is 0 Å². The van der Waals surface area contributed by atoms with Gasteiger partial charge in [0.2, 0.25) is 0 Å². The number of hydrogen-bond acceptors (Lipinski definition) is 4. The van der Waals surface area contributed by atoms with Crippen LogP contribution in [0.25, 0.3) is 0 Å². The average Bonchev–Trinajstić information content (AvgIpc) is 2.55. The highest BCUT2D eigenvalue weighted by molar-refractivity contribution is 9.10. The van der Waals surface area contributed by atoms with Crippen LogP contribution in [0.1, 0.15) is 0 Å². The number of carbonyl (C=O) groups is 2. The van der Waals surface area contributed by atoms with Crippen molar-refractivity contribution in [2.45, 2.75) is 4.90 Å². The minimum absolute atomic E-state index is 0.00676. The maximum absolute atomic E-state index is 13.6. The van der Waals surface area contributed by atoms with Gasteiger partial charge in [-0.15, -0.1) is 0 Å². The molecule has 0 aromatic heterocycles. The van der Waals surface area contributed by atoms with Crippen molar-refractivity contribution in [2.75, 3.05) is 26.0 Å². The maximum Gasteiger partial charge on any atom is 0.285 e. The molecule has 2 rings (SSSR count). The van der Waals surface area contributed by atoms with E-state index in [1.54, 1.807) is 44.4 Å². The van der Waals surface area contributed by atoms with Gasteiger partial charge >= 0.3 is 0 Å². The Labute approximate surface area is 157 Å². The molecule has 2 aromatic carbocycles. The van der Waals surface area contributed by atoms with Crippen LogP contribution in [0.5, 0.6) is 5.75 Å². The van der Waals surface area contributed by atoms with Gasteiger partial charge in [-0.2, -0.15) is 0 Å². The summed E-state index contributed by atoms with van der Waals surface area (Å²) in [7, 11) is 3.36. The molecule has 0 atom stereocenters. The lowest BCUT2D eigenvalue weighted by Crippen LogP contribution is -2.20. The second-order valence-electron chi connectivity index (χ2n) is 5.20. The van der Waals surface area contributed by atoms with E-state index < -0.39 is 11.7 Å². The molecule has 0 unspecified atom stereocenters. The monoisotopic (exact) mass is 426 g/mol. The van der Waals surface area contributed by atoms with E-state index in [1.165, 1.54) is 17.0 Å². The van der Waals surface area contributed by atoms with Gasteiger partial charge in [-0.1, -0.05) is 15.9 Å². The molecule has 0 saturated heterocycles. The fourth-order valence-corrected chi connectivity index (χ4v) is 2.72. The average molecular weight is 427 g/mol. The summed E-state index contributed by atoms with van der Waals surface area (Å²) in [6, 6.07) is 11.2. The summed E-state index contributed by atoms with van der Waals surface area (Å²) in [5, 5.41) is 2.56. The third-order valence-corrected chi connectivity index (χ3v) is 4.50. The van der Waals surface area contributed by atoms with E-state index in [2.05, 4.69) is 21.2 Å². The summed E-state index contributed by atoms with van der Waals surface area (Å²) >= 11 is 4.24. The molecule has 8 heteroatoms. The largest absolute Gasteiger partial charge is 0.481 e. The number of nitrogens with one attached hydrogen (secondary N) is 1. The van der Waals surface area contributed by atoms with E-state index in [1.807, 2.05) is 0 Å². The molecule has 25 heavy (non-hydrogen) atoms. The summed E-state index contributed by atoms with van der Waals surface area (Å²) in [5.74, 6) is -0.950. The zero-order chi connectivity index (χ0) is 18.4. The van der Waals surface area contributed by atoms with Crippen LogP contribution in [0.2, 0.25) is 0 Å². The molecular formula is C17H16BrFN2O3S. The van der Waals surface area contributed by atoms with Gasteiger partial charge in [0.1, 0.15) is 0 Å². The van der Waals surface area contributed by atoms with E-state index in [0.29, 0.717) is 10.2 Å². The van der Waals surface area contributed by atoms with Crippen LogP contribution >= 0.6 is 27.7 Å². The third-order valence-electron chi connectivity index (χ3n) is 2.96. The van der Waals surface area contributed by atoms with Gasteiger partial charge in [0, 0.05) is 29.2 Å². The molecule has 0 radical (unpaired) electrons. The first-order valence-electron chi connectivity index (χ1n) is 7.22. The first kappa shape index (κ1) is 19.3. The van der Waals surface area contributed by atoms with Crippen LogP contribution in [0.3, 0.4) is 0 Å². The Kier molecular flexibility index (Phi) is 6.83. The molecule has 0 bridgehead atoms. The molecule has 2 aromatic rings. The molecular weight excluding hydrogens is 411 g/mol. The summed E-state index contributed by atoms with van der Waals surface area (Å²) < 4.78 is 19.4. The van der Waals surface area contributed by atoms with Crippen molar-refractivity contribution >= 4 is 44.5 Å². The Morgan fingerprint density at radius 3 is 2.48 bits per heavy atom. The van der Waals surface area contributed by atoms with Gasteiger partial charge in [-0.05, 0) is 54.2 Å². The second kappa shape index (κ2) is 8.87. The topological polar surface area (TPSA) is 58.6 Å². The Morgan fingerprint density at radius 1 is 1.20 bits per heavy atom. The lowest BCUT2D eigenvalue weighted by Gasteiger charge is -2.10. The molecule has 0 saturated carbocycles. The van der Waals surface area contributed by atoms with Crippen LogP contribution in [0.15, 0.2) is 51.8 Å². The Balaban J connectivity index is 1.87. The SMILES string of the molecule is CN(C)C(=O)Sc1ccc(NC(=O)COc2ccc(Br)cc2F)cc1. The first-order chi connectivity index (χ1) is 11.8. The normalized spacial score (nSPS) is 10.2. The number of nitrogens with zero attached hydrogens (tertiary/aromatic N) is 1. The number of benzene rings is 2. The number of halogens is 2. The van der Waals surface area contributed by atoms with Crippen molar-refractivity contribution in [1.29, 1.82) is 0 Å². The fourth-order valence-electron chi connectivity index (χ4n) is 1.73. The Hall–Kier alpha value is -2.06. The molecule has 2 amide bonds. The number of anilines is 1. The standard InChI is InChI=1S/C17H16BrFN2O3S/c1-21(2)17(23)25-13-6-4-12(5-7-13)20-16(22)10-24-15-8-3-11(18)9-14(15)19/h3-9H,10H2,1-2H3,(H,20,22). The van der Waals surface area contributed by atoms with Gasteiger partial charge in [0.05, 0.1) is 0 Å². The van der Waals surface area contributed by atoms with Gasteiger partial charge in [0.25, 0.3) is 11.1 Å². The summed E-state index contributed by atoms with van der Waals surface area (Å²) in [6.45, 7) is -0.311. The van der Waals surface area contributed by atoms with Gasteiger partial charge in [-0.25, -0.2) is 4.39 Å². The van der Waals surface area contributed by atoms with E-state index in [9.17, 15) is 14.0 Å². The quantitative estimate of drug-likeness (QED) is 0.720.